The van der Waals surface area contributed by atoms with Gasteiger partial charge < -0.3 is 9.72 Å². The zero-order chi connectivity index (χ0) is 11.9. The zero-order valence-electron chi connectivity index (χ0n) is 7.40. The van der Waals surface area contributed by atoms with Gasteiger partial charge in [-0.15, -0.1) is 13.2 Å². The Hall–Kier alpha value is -1.31. The van der Waals surface area contributed by atoms with Crippen molar-refractivity contribution in [3.63, 3.8) is 0 Å². The molecule has 2 aromatic rings. The fraction of sp³-hybridized carbons (Fsp3) is 0.125. The summed E-state index contributed by atoms with van der Waals surface area (Å²) < 4.78 is 52.8. The van der Waals surface area contributed by atoms with Crippen molar-refractivity contribution in [2.75, 3.05) is 0 Å². The summed E-state index contributed by atoms with van der Waals surface area (Å²) in [5.74, 6) is -1.52. The van der Waals surface area contributed by atoms with Crippen molar-refractivity contribution in [2.45, 2.75) is 6.36 Å². The molecule has 0 atom stereocenters. The Bertz CT molecular complexity index is 537. The lowest BCUT2D eigenvalue weighted by molar-refractivity contribution is -0.274. The predicted molar refractivity (Wildman–Crippen MR) is 50.4 cm³/mol. The molecule has 0 aliphatic rings. The van der Waals surface area contributed by atoms with E-state index in [1.165, 1.54) is 0 Å². The smallest absolute Gasteiger partial charge is 0.406 e. The minimum absolute atomic E-state index is 0.0543. The average molecular weight is 299 g/mol. The Labute approximate surface area is 94.6 Å². The fourth-order valence-corrected chi connectivity index (χ4v) is 1.60. The third-order valence-corrected chi connectivity index (χ3v) is 2.09. The van der Waals surface area contributed by atoms with Gasteiger partial charge in [-0.25, -0.2) is 9.37 Å². The molecule has 0 saturated carbocycles. The van der Waals surface area contributed by atoms with Crippen LogP contribution in [0.25, 0.3) is 11.0 Å². The molecule has 1 heterocycles. The van der Waals surface area contributed by atoms with Crippen molar-refractivity contribution in [3.05, 3.63) is 22.7 Å². The first-order valence-electron chi connectivity index (χ1n) is 3.96. The van der Waals surface area contributed by atoms with Crippen molar-refractivity contribution >= 4 is 27.0 Å². The third kappa shape index (κ3) is 2.26. The van der Waals surface area contributed by atoms with Crippen LogP contribution in [0, 0.1) is 5.82 Å². The summed E-state index contributed by atoms with van der Waals surface area (Å²) in [6.07, 6.45) is -4.85. The summed E-state index contributed by atoms with van der Waals surface area (Å²) in [5.41, 5.74) is 0.0625. The standard InChI is InChI=1S/C8H3BrF4N2O/c9-7-14-5-2-3(16-8(11,12)13)1-4(10)6(5)15-7/h1-2H,(H,14,15). The van der Waals surface area contributed by atoms with Crippen LogP contribution in [0.5, 0.6) is 5.75 Å². The summed E-state index contributed by atoms with van der Waals surface area (Å²) in [6.45, 7) is 0. The first-order valence-corrected chi connectivity index (χ1v) is 4.75. The highest BCUT2D eigenvalue weighted by Crippen LogP contribution is 2.28. The molecule has 3 nitrogen and oxygen atoms in total. The molecule has 0 bridgehead atoms. The van der Waals surface area contributed by atoms with Gasteiger partial charge in [-0.05, 0) is 15.9 Å². The lowest BCUT2D eigenvalue weighted by Crippen LogP contribution is -2.17. The molecule has 0 amide bonds. The normalized spacial score (nSPS) is 12.1. The molecule has 16 heavy (non-hydrogen) atoms. The van der Waals surface area contributed by atoms with Gasteiger partial charge in [0.2, 0.25) is 0 Å². The number of hydrogen-bond donors (Lipinski definition) is 1. The van der Waals surface area contributed by atoms with E-state index in [1.807, 2.05) is 0 Å². The summed E-state index contributed by atoms with van der Waals surface area (Å²) in [5, 5.41) is 0. The molecule has 0 aliphatic heterocycles. The predicted octanol–water partition coefficient (Wildman–Crippen LogP) is 3.36. The minimum atomic E-state index is -4.85. The number of halogens is 5. The number of nitrogens with one attached hydrogen (secondary N) is 1. The second-order valence-electron chi connectivity index (χ2n) is 2.88. The largest absolute Gasteiger partial charge is 0.573 e. The number of hydrogen-bond acceptors (Lipinski definition) is 2. The van der Waals surface area contributed by atoms with Gasteiger partial charge in [-0.3, -0.25) is 0 Å². The maximum atomic E-state index is 13.3. The van der Waals surface area contributed by atoms with Gasteiger partial charge in [0.05, 0.1) is 5.52 Å². The van der Waals surface area contributed by atoms with E-state index in [0.29, 0.717) is 6.07 Å². The number of rotatable bonds is 1. The highest BCUT2D eigenvalue weighted by Gasteiger charge is 2.31. The zero-order valence-corrected chi connectivity index (χ0v) is 8.99. The van der Waals surface area contributed by atoms with Crippen LogP contribution < -0.4 is 4.74 Å². The molecule has 0 unspecified atom stereocenters. The van der Waals surface area contributed by atoms with Crippen molar-refractivity contribution in [1.29, 1.82) is 0 Å². The summed E-state index contributed by atoms with van der Waals surface area (Å²) in [4.78, 5) is 6.24. The number of aromatic amines is 1. The maximum absolute atomic E-state index is 13.3. The number of aromatic nitrogens is 2. The topological polar surface area (TPSA) is 37.9 Å². The van der Waals surface area contributed by atoms with Crippen molar-refractivity contribution < 1.29 is 22.3 Å². The summed E-state index contributed by atoms with van der Waals surface area (Å²) in [6, 6.07) is 1.65. The first-order chi connectivity index (χ1) is 7.35. The molecule has 1 N–H and O–H groups in total. The quantitative estimate of drug-likeness (QED) is 0.820. The Kier molecular flexibility index (Phi) is 2.53. The molecule has 0 fully saturated rings. The van der Waals surface area contributed by atoms with Gasteiger partial charge in [0, 0.05) is 12.1 Å². The number of alkyl halides is 3. The van der Waals surface area contributed by atoms with Crippen LogP contribution in [0.1, 0.15) is 0 Å². The molecule has 0 spiro atoms. The molecule has 1 aromatic carbocycles. The van der Waals surface area contributed by atoms with E-state index in [-0.39, 0.29) is 15.8 Å². The molecule has 86 valence electrons. The lowest BCUT2D eigenvalue weighted by Gasteiger charge is -2.08. The van der Waals surface area contributed by atoms with E-state index >= 15 is 0 Å². The van der Waals surface area contributed by atoms with Crippen molar-refractivity contribution in [3.8, 4) is 5.75 Å². The van der Waals surface area contributed by atoms with Crippen LogP contribution in [0.4, 0.5) is 17.6 Å². The van der Waals surface area contributed by atoms with Gasteiger partial charge in [-0.2, -0.15) is 0 Å². The van der Waals surface area contributed by atoms with E-state index in [0.717, 1.165) is 6.07 Å². The highest BCUT2D eigenvalue weighted by atomic mass is 79.9. The van der Waals surface area contributed by atoms with Gasteiger partial charge in [-0.1, -0.05) is 0 Å². The van der Waals surface area contributed by atoms with Crippen molar-refractivity contribution in [1.82, 2.24) is 9.97 Å². The van der Waals surface area contributed by atoms with Crippen LogP contribution in [-0.2, 0) is 0 Å². The number of fused-ring (bicyclic) bond motifs is 1. The van der Waals surface area contributed by atoms with Gasteiger partial charge in [0.1, 0.15) is 11.3 Å². The Morgan fingerprint density at radius 1 is 1.31 bits per heavy atom. The number of H-pyrrole nitrogens is 1. The first kappa shape index (κ1) is 11.2. The number of ether oxygens (including phenoxy) is 1. The Morgan fingerprint density at radius 2 is 2.00 bits per heavy atom. The second kappa shape index (κ2) is 3.62. The molecular weight excluding hydrogens is 296 g/mol. The van der Waals surface area contributed by atoms with Gasteiger partial charge in [0.25, 0.3) is 0 Å². The summed E-state index contributed by atoms with van der Waals surface area (Å²) in [7, 11) is 0. The molecule has 0 saturated heterocycles. The molecule has 1 aromatic heterocycles. The SMILES string of the molecule is Fc1cc(OC(F)(F)F)cc2[nH]c(Br)nc12. The maximum Gasteiger partial charge on any atom is 0.573 e. The molecule has 0 aliphatic carbocycles. The average Bonchev–Trinajstić information content (AvgIpc) is 2.42. The molecule has 8 heteroatoms. The van der Waals surface area contributed by atoms with E-state index < -0.39 is 17.9 Å². The number of imidazole rings is 1. The fourth-order valence-electron chi connectivity index (χ4n) is 1.21. The van der Waals surface area contributed by atoms with Crippen LogP contribution in [-0.4, -0.2) is 16.3 Å². The van der Waals surface area contributed by atoms with Gasteiger partial charge >= 0.3 is 6.36 Å². The van der Waals surface area contributed by atoms with Crippen LogP contribution in [0.15, 0.2) is 16.9 Å². The molecule has 0 radical (unpaired) electrons. The van der Waals surface area contributed by atoms with E-state index in [1.54, 1.807) is 0 Å². The number of nitrogens with zero attached hydrogens (tertiary/aromatic N) is 1. The van der Waals surface area contributed by atoms with E-state index in [2.05, 4.69) is 30.6 Å². The van der Waals surface area contributed by atoms with Crippen LogP contribution in [0.2, 0.25) is 0 Å². The van der Waals surface area contributed by atoms with E-state index in [9.17, 15) is 17.6 Å². The van der Waals surface area contributed by atoms with E-state index in [4.69, 9.17) is 0 Å². The van der Waals surface area contributed by atoms with Gasteiger partial charge in [0.15, 0.2) is 10.6 Å². The van der Waals surface area contributed by atoms with Crippen molar-refractivity contribution in [2.24, 2.45) is 0 Å². The van der Waals surface area contributed by atoms with Crippen LogP contribution >= 0.6 is 15.9 Å². The minimum Gasteiger partial charge on any atom is -0.406 e. The highest BCUT2D eigenvalue weighted by molar-refractivity contribution is 9.10. The second-order valence-corrected chi connectivity index (χ2v) is 3.63. The Balaban J connectivity index is 2.49. The summed E-state index contributed by atoms with van der Waals surface area (Å²) >= 11 is 2.95. The molecule has 2 rings (SSSR count). The molecular formula is C8H3BrF4N2O. The number of benzene rings is 1. The van der Waals surface area contributed by atoms with Crippen LogP contribution in [0.3, 0.4) is 0 Å². The lowest BCUT2D eigenvalue weighted by atomic mass is 10.3. The Morgan fingerprint density at radius 3 is 2.62 bits per heavy atom. The monoisotopic (exact) mass is 298 g/mol. The third-order valence-electron chi connectivity index (χ3n) is 1.72.